The SMILES string of the molecule is NC(=S)[N]c1cccc2c1C(=O)OC21c2ccc(O)cc2Oc2cc(O)ccc21. The number of carbonyl (C=O) groups is 1. The maximum absolute atomic E-state index is 13.0. The lowest BCUT2D eigenvalue weighted by Crippen LogP contribution is -2.32. The van der Waals surface area contributed by atoms with E-state index in [1.807, 2.05) is 0 Å². The van der Waals surface area contributed by atoms with Crippen LogP contribution in [0, 0.1) is 0 Å². The molecule has 0 aromatic heterocycles. The van der Waals surface area contributed by atoms with E-state index >= 15 is 0 Å². The second-order valence-electron chi connectivity index (χ2n) is 6.68. The highest BCUT2D eigenvalue weighted by Gasteiger charge is 2.54. The van der Waals surface area contributed by atoms with Crippen LogP contribution in [0.4, 0.5) is 5.69 Å². The first-order valence-electron chi connectivity index (χ1n) is 8.63. The fraction of sp³-hybridized carbons (Fsp3) is 0.0476. The minimum atomic E-state index is -1.33. The van der Waals surface area contributed by atoms with Gasteiger partial charge in [0.25, 0.3) is 0 Å². The molecule has 8 heteroatoms. The Morgan fingerprint density at radius 2 is 1.59 bits per heavy atom. The summed E-state index contributed by atoms with van der Waals surface area (Å²) in [6, 6.07) is 14.2. The number of esters is 1. The van der Waals surface area contributed by atoms with E-state index in [-0.39, 0.29) is 22.2 Å². The van der Waals surface area contributed by atoms with E-state index in [4.69, 9.17) is 27.4 Å². The fourth-order valence-corrected chi connectivity index (χ4v) is 4.04. The number of hydrogen-bond donors (Lipinski definition) is 3. The third-order valence-electron chi connectivity index (χ3n) is 5.01. The maximum atomic E-state index is 13.0. The summed E-state index contributed by atoms with van der Waals surface area (Å²) in [6.07, 6.45) is 0. The van der Waals surface area contributed by atoms with E-state index in [0.29, 0.717) is 33.9 Å². The molecule has 29 heavy (non-hydrogen) atoms. The van der Waals surface area contributed by atoms with Crippen molar-refractivity contribution in [2.45, 2.75) is 5.60 Å². The van der Waals surface area contributed by atoms with E-state index in [1.54, 1.807) is 30.3 Å². The van der Waals surface area contributed by atoms with Crippen molar-refractivity contribution < 1.29 is 24.5 Å². The number of nitrogens with zero attached hydrogens (tertiary/aromatic N) is 1. The molecule has 1 spiro atoms. The molecular formula is C21H13N2O5S. The number of ether oxygens (including phenoxy) is 2. The molecule has 3 aromatic rings. The van der Waals surface area contributed by atoms with E-state index < -0.39 is 11.6 Å². The summed E-state index contributed by atoms with van der Waals surface area (Å²) in [4.78, 5) is 13.0. The summed E-state index contributed by atoms with van der Waals surface area (Å²) < 4.78 is 11.9. The zero-order chi connectivity index (χ0) is 20.3. The molecule has 0 amide bonds. The molecular weight excluding hydrogens is 392 g/mol. The minimum absolute atomic E-state index is 0.00992. The van der Waals surface area contributed by atoms with Gasteiger partial charge in [0, 0.05) is 28.8 Å². The van der Waals surface area contributed by atoms with Gasteiger partial charge in [-0.15, -0.1) is 0 Å². The van der Waals surface area contributed by atoms with Crippen LogP contribution in [-0.4, -0.2) is 21.3 Å². The highest BCUT2D eigenvalue weighted by atomic mass is 32.1. The van der Waals surface area contributed by atoms with Gasteiger partial charge in [-0.05, 0) is 42.5 Å². The van der Waals surface area contributed by atoms with Gasteiger partial charge in [-0.25, -0.2) is 10.1 Å². The minimum Gasteiger partial charge on any atom is -0.508 e. The molecule has 3 aromatic carbocycles. The molecule has 1 radical (unpaired) electrons. The van der Waals surface area contributed by atoms with Gasteiger partial charge in [0.2, 0.25) is 0 Å². The molecule has 5 rings (SSSR count). The molecule has 0 aliphatic carbocycles. The van der Waals surface area contributed by atoms with Gasteiger partial charge in [-0.1, -0.05) is 12.1 Å². The van der Waals surface area contributed by atoms with Gasteiger partial charge < -0.3 is 25.4 Å². The van der Waals surface area contributed by atoms with E-state index in [0.717, 1.165) is 0 Å². The molecule has 7 nitrogen and oxygen atoms in total. The molecule has 0 fully saturated rings. The van der Waals surface area contributed by atoms with Crippen LogP contribution in [-0.2, 0) is 10.3 Å². The lowest BCUT2D eigenvalue weighted by molar-refractivity contribution is 0.0224. The normalized spacial score (nSPS) is 15.0. The molecule has 0 saturated carbocycles. The van der Waals surface area contributed by atoms with Crippen molar-refractivity contribution in [3.05, 3.63) is 76.9 Å². The standard InChI is InChI=1S/C21H13N2O5S/c22-20(29)23-15-3-1-2-14-18(15)19(26)28-21(14)12-6-4-10(24)8-16(12)27-17-9-11(25)5-7-13(17)21/h1-9,24-25H,(H2,22,29). The van der Waals surface area contributed by atoms with Crippen LogP contribution in [0.3, 0.4) is 0 Å². The number of benzene rings is 3. The topological polar surface area (TPSA) is 116 Å². The quantitative estimate of drug-likeness (QED) is 0.421. The van der Waals surface area contributed by atoms with Gasteiger partial charge in [-0.2, -0.15) is 0 Å². The molecule has 0 unspecified atom stereocenters. The van der Waals surface area contributed by atoms with Crippen molar-refractivity contribution in [1.82, 2.24) is 5.32 Å². The van der Waals surface area contributed by atoms with Crippen molar-refractivity contribution in [3.8, 4) is 23.0 Å². The smallest absolute Gasteiger partial charge is 0.342 e. The number of carbonyl (C=O) groups excluding carboxylic acids is 1. The number of phenols is 2. The zero-order valence-corrected chi connectivity index (χ0v) is 15.6. The van der Waals surface area contributed by atoms with E-state index in [1.165, 1.54) is 24.3 Å². The molecule has 0 saturated heterocycles. The van der Waals surface area contributed by atoms with Gasteiger partial charge in [0.1, 0.15) is 23.0 Å². The van der Waals surface area contributed by atoms with Gasteiger partial charge in [0.05, 0.1) is 11.3 Å². The molecule has 0 bridgehead atoms. The first kappa shape index (κ1) is 17.3. The Morgan fingerprint density at radius 1 is 0.966 bits per heavy atom. The maximum Gasteiger partial charge on any atom is 0.342 e. The third kappa shape index (κ3) is 2.36. The van der Waals surface area contributed by atoms with Crippen LogP contribution in [0.2, 0.25) is 0 Å². The Kier molecular flexibility index (Phi) is 3.50. The van der Waals surface area contributed by atoms with Crippen LogP contribution in [0.25, 0.3) is 0 Å². The average molecular weight is 405 g/mol. The molecule has 4 N–H and O–H groups in total. The third-order valence-corrected chi connectivity index (χ3v) is 5.10. The van der Waals surface area contributed by atoms with Crippen molar-refractivity contribution >= 4 is 29.0 Å². The molecule has 2 aliphatic heterocycles. The Bertz CT molecular complexity index is 1170. The Balaban J connectivity index is 1.86. The predicted molar refractivity (Wildman–Crippen MR) is 107 cm³/mol. The second kappa shape index (κ2) is 5.86. The lowest BCUT2D eigenvalue weighted by Gasteiger charge is -2.36. The van der Waals surface area contributed by atoms with Crippen molar-refractivity contribution in [2.75, 3.05) is 0 Å². The fourth-order valence-electron chi connectivity index (χ4n) is 3.94. The number of thiocarbonyl (C=S) groups is 1. The summed E-state index contributed by atoms with van der Waals surface area (Å²) in [5.74, 6) is 0.00462. The van der Waals surface area contributed by atoms with E-state index in [9.17, 15) is 15.0 Å². The summed E-state index contributed by atoms with van der Waals surface area (Å²) in [7, 11) is 0. The number of hydrogen-bond acceptors (Lipinski definition) is 6. The average Bonchev–Trinajstić information content (AvgIpc) is 2.95. The molecule has 2 aliphatic rings. The summed E-state index contributed by atoms with van der Waals surface area (Å²) >= 11 is 4.87. The van der Waals surface area contributed by atoms with Crippen molar-refractivity contribution in [2.24, 2.45) is 5.73 Å². The number of fused-ring (bicyclic) bond motifs is 6. The van der Waals surface area contributed by atoms with E-state index in [2.05, 4.69) is 5.32 Å². The van der Waals surface area contributed by atoms with Crippen LogP contribution in [0.1, 0.15) is 27.0 Å². The number of phenolic OH excluding ortho intramolecular Hbond substituents is 2. The Morgan fingerprint density at radius 3 is 2.17 bits per heavy atom. The van der Waals surface area contributed by atoms with Crippen LogP contribution in [0.15, 0.2) is 54.6 Å². The monoisotopic (exact) mass is 405 g/mol. The summed E-state index contributed by atoms with van der Waals surface area (Å²) in [6.45, 7) is 0. The largest absolute Gasteiger partial charge is 0.508 e. The Labute approximate surface area is 170 Å². The predicted octanol–water partition coefficient (Wildman–Crippen LogP) is 3.15. The van der Waals surface area contributed by atoms with Gasteiger partial charge in [0.15, 0.2) is 10.7 Å². The first-order chi connectivity index (χ1) is 13.9. The van der Waals surface area contributed by atoms with Gasteiger partial charge >= 0.3 is 5.97 Å². The highest BCUT2D eigenvalue weighted by Crippen LogP contribution is 2.57. The van der Waals surface area contributed by atoms with Crippen LogP contribution >= 0.6 is 12.2 Å². The molecule has 2 heterocycles. The number of nitrogens with two attached hydrogens (primary N) is 1. The molecule has 0 atom stereocenters. The first-order valence-corrected chi connectivity index (χ1v) is 9.04. The van der Waals surface area contributed by atoms with Gasteiger partial charge in [-0.3, -0.25) is 0 Å². The molecule has 143 valence electrons. The van der Waals surface area contributed by atoms with Crippen LogP contribution < -0.4 is 15.8 Å². The van der Waals surface area contributed by atoms with Crippen LogP contribution in [0.5, 0.6) is 23.0 Å². The Hall–Kier alpha value is -3.78. The summed E-state index contributed by atoms with van der Waals surface area (Å²) in [5.41, 5.74) is 6.40. The highest BCUT2D eigenvalue weighted by molar-refractivity contribution is 7.80. The van der Waals surface area contributed by atoms with Crippen molar-refractivity contribution in [1.29, 1.82) is 0 Å². The second-order valence-corrected chi connectivity index (χ2v) is 7.10. The number of aromatic hydroxyl groups is 2. The summed E-state index contributed by atoms with van der Waals surface area (Å²) in [5, 5.41) is 23.9. The van der Waals surface area contributed by atoms with Crippen molar-refractivity contribution in [3.63, 3.8) is 0 Å². The zero-order valence-electron chi connectivity index (χ0n) is 14.7. The lowest BCUT2D eigenvalue weighted by atomic mass is 9.77. The number of rotatable bonds is 1.